The summed E-state index contributed by atoms with van der Waals surface area (Å²) in [6.07, 6.45) is 4.65. The van der Waals surface area contributed by atoms with Gasteiger partial charge in [-0.1, -0.05) is 30.3 Å². The Bertz CT molecular complexity index is 500. The Morgan fingerprint density at radius 2 is 2.00 bits per heavy atom. The quantitative estimate of drug-likeness (QED) is 0.753. The molecule has 0 unspecified atom stereocenters. The van der Waals surface area contributed by atoms with E-state index in [-0.39, 0.29) is 0 Å². The van der Waals surface area contributed by atoms with Gasteiger partial charge >= 0.3 is 0 Å². The van der Waals surface area contributed by atoms with E-state index in [1.807, 2.05) is 42.9 Å². The average Bonchev–Trinajstić information content (AvgIpc) is 2.80. The predicted octanol–water partition coefficient (Wildman–Crippen LogP) is 2.41. The smallest absolute Gasteiger partial charge is 0.130 e. The van der Waals surface area contributed by atoms with Gasteiger partial charge < -0.3 is 4.79 Å². The molecule has 0 bridgehead atoms. The Balaban J connectivity index is 2.17. The minimum absolute atomic E-state index is 0.463. The van der Waals surface area contributed by atoms with E-state index in [1.54, 1.807) is 6.20 Å². The fourth-order valence-corrected chi connectivity index (χ4v) is 1.62. The van der Waals surface area contributed by atoms with Crippen LogP contribution in [0.2, 0.25) is 0 Å². The SMILES string of the molecule is CC(C)(C=O)c1cnn(Cc2ccccc2)c1. The number of aromatic nitrogens is 2. The molecule has 0 N–H and O–H groups in total. The lowest BCUT2D eigenvalue weighted by Crippen LogP contribution is -2.17. The van der Waals surface area contributed by atoms with E-state index in [1.165, 1.54) is 5.56 Å². The van der Waals surface area contributed by atoms with Crippen molar-refractivity contribution in [3.05, 3.63) is 53.9 Å². The summed E-state index contributed by atoms with van der Waals surface area (Å²) in [5.74, 6) is 0. The molecule has 3 nitrogen and oxygen atoms in total. The van der Waals surface area contributed by atoms with Gasteiger partial charge in [0.25, 0.3) is 0 Å². The van der Waals surface area contributed by atoms with Crippen molar-refractivity contribution < 1.29 is 4.79 Å². The average molecular weight is 228 g/mol. The van der Waals surface area contributed by atoms with Crippen LogP contribution >= 0.6 is 0 Å². The minimum Gasteiger partial charge on any atom is -0.302 e. The molecule has 1 aromatic heterocycles. The van der Waals surface area contributed by atoms with Crippen LogP contribution < -0.4 is 0 Å². The van der Waals surface area contributed by atoms with E-state index in [0.717, 1.165) is 18.4 Å². The Morgan fingerprint density at radius 3 is 2.65 bits per heavy atom. The highest BCUT2D eigenvalue weighted by Crippen LogP contribution is 2.19. The number of aldehydes is 1. The molecule has 88 valence electrons. The highest BCUT2D eigenvalue weighted by Gasteiger charge is 2.21. The molecule has 1 aromatic carbocycles. The summed E-state index contributed by atoms with van der Waals surface area (Å²) < 4.78 is 1.86. The number of benzene rings is 1. The first-order valence-electron chi connectivity index (χ1n) is 5.65. The summed E-state index contributed by atoms with van der Waals surface area (Å²) in [6, 6.07) is 10.1. The summed E-state index contributed by atoms with van der Waals surface area (Å²) >= 11 is 0. The molecule has 0 radical (unpaired) electrons. The highest BCUT2D eigenvalue weighted by molar-refractivity contribution is 5.66. The zero-order valence-electron chi connectivity index (χ0n) is 10.1. The van der Waals surface area contributed by atoms with Crippen molar-refractivity contribution in [1.82, 2.24) is 9.78 Å². The van der Waals surface area contributed by atoms with Gasteiger partial charge in [0, 0.05) is 17.2 Å². The lowest BCUT2D eigenvalue weighted by atomic mass is 9.89. The fourth-order valence-electron chi connectivity index (χ4n) is 1.62. The van der Waals surface area contributed by atoms with Gasteiger partial charge in [-0.2, -0.15) is 5.10 Å². The molecule has 0 aliphatic rings. The zero-order chi connectivity index (χ0) is 12.3. The van der Waals surface area contributed by atoms with Crippen LogP contribution in [0.4, 0.5) is 0 Å². The molecule has 2 aromatic rings. The van der Waals surface area contributed by atoms with Crippen LogP contribution in [-0.2, 0) is 16.8 Å². The Kier molecular flexibility index (Phi) is 3.09. The van der Waals surface area contributed by atoms with E-state index < -0.39 is 5.41 Å². The third-order valence-electron chi connectivity index (χ3n) is 2.86. The Labute approximate surface area is 101 Å². The van der Waals surface area contributed by atoms with Crippen LogP contribution in [0.5, 0.6) is 0 Å². The predicted molar refractivity (Wildman–Crippen MR) is 66.9 cm³/mol. The molecule has 0 aliphatic heterocycles. The molecular formula is C14H16N2O. The lowest BCUT2D eigenvalue weighted by Gasteiger charge is -2.13. The van der Waals surface area contributed by atoms with Gasteiger partial charge in [0.2, 0.25) is 0 Å². The number of carbonyl (C=O) groups is 1. The molecule has 3 heteroatoms. The molecule has 17 heavy (non-hydrogen) atoms. The molecule has 0 spiro atoms. The summed E-state index contributed by atoms with van der Waals surface area (Å²) in [7, 11) is 0. The van der Waals surface area contributed by atoms with Crippen LogP contribution in [0.1, 0.15) is 25.0 Å². The maximum Gasteiger partial charge on any atom is 0.130 e. The molecule has 1 heterocycles. The van der Waals surface area contributed by atoms with Gasteiger partial charge in [-0.25, -0.2) is 0 Å². The minimum atomic E-state index is -0.463. The van der Waals surface area contributed by atoms with Crippen molar-refractivity contribution in [3.8, 4) is 0 Å². The van der Waals surface area contributed by atoms with Gasteiger partial charge in [0.1, 0.15) is 6.29 Å². The molecule has 0 saturated carbocycles. The van der Waals surface area contributed by atoms with Crippen LogP contribution in [0.25, 0.3) is 0 Å². The van der Waals surface area contributed by atoms with Crippen molar-refractivity contribution in [2.45, 2.75) is 25.8 Å². The molecule has 0 aliphatic carbocycles. The van der Waals surface area contributed by atoms with Crippen LogP contribution in [-0.4, -0.2) is 16.1 Å². The van der Waals surface area contributed by atoms with Crippen molar-refractivity contribution >= 4 is 6.29 Å². The van der Waals surface area contributed by atoms with Gasteiger partial charge in [0.05, 0.1) is 12.7 Å². The molecule has 0 amide bonds. The number of hydrogen-bond acceptors (Lipinski definition) is 2. The second-order valence-electron chi connectivity index (χ2n) is 4.75. The Morgan fingerprint density at radius 1 is 1.29 bits per heavy atom. The van der Waals surface area contributed by atoms with E-state index >= 15 is 0 Å². The number of carbonyl (C=O) groups excluding carboxylic acids is 1. The maximum atomic E-state index is 11.0. The summed E-state index contributed by atoms with van der Waals surface area (Å²) in [5.41, 5.74) is 1.68. The van der Waals surface area contributed by atoms with E-state index in [4.69, 9.17) is 0 Å². The van der Waals surface area contributed by atoms with Gasteiger partial charge in [-0.15, -0.1) is 0 Å². The molecular weight excluding hydrogens is 212 g/mol. The van der Waals surface area contributed by atoms with Crippen molar-refractivity contribution in [2.24, 2.45) is 0 Å². The van der Waals surface area contributed by atoms with Crippen LogP contribution in [0.15, 0.2) is 42.7 Å². The molecule has 0 fully saturated rings. The summed E-state index contributed by atoms with van der Waals surface area (Å²) in [4.78, 5) is 11.0. The number of hydrogen-bond donors (Lipinski definition) is 0. The van der Waals surface area contributed by atoms with Crippen LogP contribution in [0.3, 0.4) is 0 Å². The normalized spacial score (nSPS) is 11.4. The highest BCUT2D eigenvalue weighted by atomic mass is 16.1. The van der Waals surface area contributed by atoms with Crippen molar-refractivity contribution in [3.63, 3.8) is 0 Å². The zero-order valence-corrected chi connectivity index (χ0v) is 10.1. The Hall–Kier alpha value is -1.90. The first-order valence-corrected chi connectivity index (χ1v) is 5.65. The number of nitrogens with zero attached hydrogens (tertiary/aromatic N) is 2. The van der Waals surface area contributed by atoms with Gasteiger partial charge in [0.15, 0.2) is 0 Å². The second-order valence-corrected chi connectivity index (χ2v) is 4.75. The monoisotopic (exact) mass is 228 g/mol. The third-order valence-corrected chi connectivity index (χ3v) is 2.86. The van der Waals surface area contributed by atoms with Gasteiger partial charge in [-0.05, 0) is 19.4 Å². The lowest BCUT2D eigenvalue weighted by molar-refractivity contribution is -0.111. The topological polar surface area (TPSA) is 34.9 Å². The summed E-state index contributed by atoms with van der Waals surface area (Å²) in [6.45, 7) is 4.52. The second kappa shape index (κ2) is 4.53. The van der Waals surface area contributed by atoms with Crippen molar-refractivity contribution in [2.75, 3.05) is 0 Å². The standard InChI is InChI=1S/C14H16N2O/c1-14(2,11-17)13-8-15-16(10-13)9-12-6-4-3-5-7-12/h3-8,10-11H,9H2,1-2H3. The molecule has 0 saturated heterocycles. The largest absolute Gasteiger partial charge is 0.302 e. The number of rotatable bonds is 4. The van der Waals surface area contributed by atoms with Crippen molar-refractivity contribution in [1.29, 1.82) is 0 Å². The van der Waals surface area contributed by atoms with E-state index in [2.05, 4.69) is 17.2 Å². The van der Waals surface area contributed by atoms with E-state index in [0.29, 0.717) is 0 Å². The van der Waals surface area contributed by atoms with E-state index in [9.17, 15) is 4.79 Å². The molecule has 0 atom stereocenters. The first kappa shape index (κ1) is 11.6. The fraction of sp³-hybridized carbons (Fsp3) is 0.286. The maximum absolute atomic E-state index is 11.0. The van der Waals surface area contributed by atoms with Crippen LogP contribution in [0, 0.1) is 0 Å². The first-order chi connectivity index (χ1) is 8.12. The molecule has 2 rings (SSSR count). The van der Waals surface area contributed by atoms with Gasteiger partial charge in [-0.3, -0.25) is 4.68 Å². The third kappa shape index (κ3) is 2.61. The summed E-state index contributed by atoms with van der Waals surface area (Å²) in [5, 5.41) is 4.28.